The van der Waals surface area contributed by atoms with Crippen molar-refractivity contribution in [1.82, 2.24) is 4.72 Å². The monoisotopic (exact) mass is 381 g/mol. The van der Waals surface area contributed by atoms with Crippen molar-refractivity contribution >= 4 is 38.5 Å². The Morgan fingerprint density at radius 1 is 1.16 bits per heavy atom. The van der Waals surface area contributed by atoms with Gasteiger partial charge in [-0.05, 0) is 43.7 Å². The molecule has 0 aliphatic carbocycles. The summed E-state index contributed by atoms with van der Waals surface area (Å²) in [6.07, 6.45) is 1.98. The van der Waals surface area contributed by atoms with Crippen LogP contribution in [0.25, 0.3) is 10.8 Å². The maximum Gasteiger partial charge on any atom is 0.324 e. The van der Waals surface area contributed by atoms with E-state index in [1.807, 2.05) is 24.5 Å². The fourth-order valence-electron chi connectivity index (χ4n) is 2.46. The number of esters is 1. The van der Waals surface area contributed by atoms with Crippen molar-refractivity contribution in [1.29, 1.82) is 0 Å². The van der Waals surface area contributed by atoms with Crippen LogP contribution in [-0.2, 0) is 19.6 Å². The van der Waals surface area contributed by atoms with Crippen LogP contribution in [0.15, 0.2) is 47.4 Å². The molecule has 1 N–H and O–H groups in total. The van der Waals surface area contributed by atoms with E-state index in [2.05, 4.69) is 4.72 Å². The Kier molecular flexibility index (Phi) is 6.87. The number of carbonyl (C=O) groups excluding carboxylic acids is 1. The Morgan fingerprint density at radius 3 is 2.52 bits per heavy atom. The lowest BCUT2D eigenvalue weighted by Crippen LogP contribution is -2.43. The number of hydrogen-bond donors (Lipinski definition) is 1. The van der Waals surface area contributed by atoms with Crippen molar-refractivity contribution in [2.45, 2.75) is 37.3 Å². The van der Waals surface area contributed by atoms with E-state index in [1.54, 1.807) is 49.9 Å². The van der Waals surface area contributed by atoms with Crippen molar-refractivity contribution in [3.63, 3.8) is 0 Å². The summed E-state index contributed by atoms with van der Waals surface area (Å²) in [4.78, 5) is 12.4. The summed E-state index contributed by atoms with van der Waals surface area (Å²) in [5, 5.41) is 1.45. The first kappa shape index (κ1) is 19.8. The van der Waals surface area contributed by atoms with Crippen LogP contribution in [0.3, 0.4) is 0 Å². The number of hydrogen-bond acceptors (Lipinski definition) is 5. The van der Waals surface area contributed by atoms with Gasteiger partial charge in [-0.1, -0.05) is 36.4 Å². The van der Waals surface area contributed by atoms with Crippen LogP contribution in [-0.4, -0.2) is 38.5 Å². The number of nitrogens with one attached hydrogen (secondary N) is 1. The van der Waals surface area contributed by atoms with Gasteiger partial charge in [0.15, 0.2) is 0 Å². The zero-order chi connectivity index (χ0) is 18.4. The van der Waals surface area contributed by atoms with Crippen LogP contribution in [0.4, 0.5) is 0 Å². The summed E-state index contributed by atoms with van der Waals surface area (Å²) >= 11 is 1.55. The highest BCUT2D eigenvalue weighted by Gasteiger charge is 2.28. The van der Waals surface area contributed by atoms with Gasteiger partial charge in [-0.3, -0.25) is 4.79 Å². The van der Waals surface area contributed by atoms with Crippen LogP contribution < -0.4 is 4.72 Å². The van der Waals surface area contributed by atoms with Crippen LogP contribution in [0, 0.1) is 0 Å². The van der Waals surface area contributed by atoms with Gasteiger partial charge in [-0.2, -0.15) is 16.5 Å². The van der Waals surface area contributed by atoms with E-state index in [1.165, 1.54) is 0 Å². The van der Waals surface area contributed by atoms with Gasteiger partial charge < -0.3 is 4.74 Å². The molecule has 0 bridgehead atoms. The van der Waals surface area contributed by atoms with Crippen LogP contribution >= 0.6 is 11.8 Å². The number of ether oxygens (including phenoxy) is 1. The van der Waals surface area contributed by atoms with Crippen LogP contribution in [0.1, 0.15) is 20.3 Å². The van der Waals surface area contributed by atoms with Crippen LogP contribution in [0.5, 0.6) is 0 Å². The molecule has 0 fully saturated rings. The number of carbonyl (C=O) groups is 1. The Labute approximate surface area is 153 Å². The summed E-state index contributed by atoms with van der Waals surface area (Å²) in [6, 6.07) is 11.4. The molecule has 2 aromatic carbocycles. The van der Waals surface area contributed by atoms with E-state index in [0.717, 1.165) is 5.39 Å². The Bertz CT molecular complexity index is 829. The molecule has 0 heterocycles. The standard InChI is InChI=1S/C18H23NO4S2/c1-13(2)23-18(20)16(11-12-24-3)19-25(21,22)17-10-6-8-14-7-4-5-9-15(14)17/h4-10,13,16,19H,11-12H2,1-3H3/t16-/m0/s1. The number of thioether (sulfide) groups is 1. The Morgan fingerprint density at radius 2 is 1.84 bits per heavy atom. The van der Waals surface area contributed by atoms with E-state index >= 15 is 0 Å². The topological polar surface area (TPSA) is 72.5 Å². The number of sulfonamides is 1. The number of benzene rings is 2. The second-order valence-corrected chi connectivity index (χ2v) is 8.59. The average molecular weight is 382 g/mol. The lowest BCUT2D eigenvalue weighted by atomic mass is 10.1. The molecule has 0 aliphatic rings. The average Bonchev–Trinajstić information content (AvgIpc) is 2.57. The molecule has 0 radical (unpaired) electrons. The lowest BCUT2D eigenvalue weighted by molar-refractivity contribution is -0.149. The SMILES string of the molecule is CSCC[C@H](NS(=O)(=O)c1cccc2ccccc12)C(=O)OC(C)C. The summed E-state index contributed by atoms with van der Waals surface area (Å²) in [5.74, 6) is 0.100. The zero-order valence-electron chi connectivity index (χ0n) is 14.6. The molecule has 0 saturated carbocycles. The molecular formula is C18H23NO4S2. The van der Waals surface area contributed by atoms with Gasteiger partial charge in [0, 0.05) is 5.39 Å². The van der Waals surface area contributed by atoms with Crippen LogP contribution in [0.2, 0.25) is 0 Å². The molecule has 0 unspecified atom stereocenters. The molecule has 0 amide bonds. The van der Waals surface area contributed by atoms with Crippen molar-refractivity contribution in [3.8, 4) is 0 Å². The van der Waals surface area contributed by atoms with E-state index in [4.69, 9.17) is 4.74 Å². The van der Waals surface area contributed by atoms with Crippen molar-refractivity contribution in [2.75, 3.05) is 12.0 Å². The molecule has 0 spiro atoms. The highest BCUT2D eigenvalue weighted by molar-refractivity contribution is 7.98. The molecule has 1 atom stereocenters. The minimum absolute atomic E-state index is 0.164. The van der Waals surface area contributed by atoms with E-state index < -0.39 is 22.0 Å². The molecule has 0 saturated heterocycles. The first-order valence-electron chi connectivity index (χ1n) is 8.04. The van der Waals surface area contributed by atoms with Crippen molar-refractivity contribution < 1.29 is 17.9 Å². The first-order valence-corrected chi connectivity index (χ1v) is 10.9. The van der Waals surface area contributed by atoms with Gasteiger partial charge in [0.2, 0.25) is 10.0 Å². The minimum atomic E-state index is -3.86. The summed E-state index contributed by atoms with van der Waals surface area (Å²) < 4.78 is 33.5. The fraction of sp³-hybridized carbons (Fsp3) is 0.389. The minimum Gasteiger partial charge on any atom is -0.462 e. The molecule has 136 valence electrons. The predicted molar refractivity (Wildman–Crippen MR) is 102 cm³/mol. The molecule has 0 aromatic heterocycles. The maximum atomic E-state index is 12.9. The normalized spacial score (nSPS) is 13.1. The van der Waals surface area contributed by atoms with Gasteiger partial charge in [0.1, 0.15) is 6.04 Å². The number of fused-ring (bicyclic) bond motifs is 1. The van der Waals surface area contributed by atoms with E-state index in [0.29, 0.717) is 17.6 Å². The third kappa shape index (κ3) is 5.20. The fourth-order valence-corrected chi connectivity index (χ4v) is 4.38. The molecular weight excluding hydrogens is 358 g/mol. The highest BCUT2D eigenvalue weighted by Crippen LogP contribution is 2.23. The first-order chi connectivity index (χ1) is 11.8. The van der Waals surface area contributed by atoms with Crippen molar-refractivity contribution in [2.24, 2.45) is 0 Å². The predicted octanol–water partition coefficient (Wildman–Crippen LogP) is 3.19. The van der Waals surface area contributed by atoms with Gasteiger partial charge in [-0.25, -0.2) is 8.42 Å². The second-order valence-electron chi connectivity index (χ2n) is 5.92. The third-order valence-corrected chi connectivity index (χ3v) is 5.76. The molecule has 7 heteroatoms. The second kappa shape index (κ2) is 8.69. The molecule has 0 aliphatic heterocycles. The number of rotatable bonds is 8. The van der Waals surface area contributed by atoms with E-state index in [9.17, 15) is 13.2 Å². The molecule has 2 rings (SSSR count). The Balaban J connectivity index is 2.34. The van der Waals surface area contributed by atoms with Crippen molar-refractivity contribution in [3.05, 3.63) is 42.5 Å². The Hall–Kier alpha value is -1.57. The molecule has 2 aromatic rings. The highest BCUT2D eigenvalue weighted by atomic mass is 32.2. The summed E-state index contributed by atoms with van der Waals surface area (Å²) in [5.41, 5.74) is 0. The lowest BCUT2D eigenvalue weighted by Gasteiger charge is -2.19. The smallest absolute Gasteiger partial charge is 0.324 e. The quantitative estimate of drug-likeness (QED) is 0.711. The largest absolute Gasteiger partial charge is 0.462 e. The molecule has 5 nitrogen and oxygen atoms in total. The van der Waals surface area contributed by atoms with Gasteiger partial charge >= 0.3 is 5.97 Å². The van der Waals surface area contributed by atoms with Gasteiger partial charge in [0.05, 0.1) is 11.0 Å². The molecule has 25 heavy (non-hydrogen) atoms. The summed E-state index contributed by atoms with van der Waals surface area (Å²) in [6.45, 7) is 3.48. The summed E-state index contributed by atoms with van der Waals surface area (Å²) in [7, 11) is -3.86. The van der Waals surface area contributed by atoms with Gasteiger partial charge in [0.25, 0.3) is 0 Å². The maximum absolute atomic E-state index is 12.9. The third-order valence-electron chi connectivity index (χ3n) is 3.58. The van der Waals surface area contributed by atoms with E-state index in [-0.39, 0.29) is 11.0 Å². The van der Waals surface area contributed by atoms with Gasteiger partial charge in [-0.15, -0.1) is 0 Å². The zero-order valence-corrected chi connectivity index (χ0v) is 16.2.